The molecule has 0 aliphatic carbocycles. The first-order chi connectivity index (χ1) is 8.34. The van der Waals surface area contributed by atoms with E-state index in [1.54, 1.807) is 0 Å². The minimum atomic E-state index is -1.08. The Hall–Kier alpha value is -0.100. The molecule has 0 amide bonds. The van der Waals surface area contributed by atoms with Crippen LogP contribution in [0.25, 0.3) is 0 Å². The molecule has 1 N–H and O–H groups in total. The molecule has 18 heavy (non-hydrogen) atoms. The highest BCUT2D eigenvalue weighted by Crippen LogP contribution is 2.23. The fraction of sp³-hybridized carbons (Fsp3) is 0.615. The third-order valence-electron chi connectivity index (χ3n) is 2.48. The molecule has 102 valence electrons. The van der Waals surface area contributed by atoms with Gasteiger partial charge < -0.3 is 4.55 Å². The lowest BCUT2D eigenvalue weighted by molar-refractivity contribution is 0.504. The van der Waals surface area contributed by atoms with E-state index < -0.39 is 11.4 Å². The maximum absolute atomic E-state index is 12.2. The first-order valence-electron chi connectivity index (χ1n) is 6.15. The van der Waals surface area contributed by atoms with Gasteiger partial charge in [0.1, 0.15) is 9.35 Å². The predicted octanol–water partition coefficient (Wildman–Crippen LogP) is 3.74. The molecule has 2 atom stereocenters. The maximum Gasteiger partial charge on any atom is 0.136 e. The Labute approximate surface area is 121 Å². The highest BCUT2D eigenvalue weighted by molar-refractivity contribution is 9.10. The van der Waals surface area contributed by atoms with E-state index in [-0.39, 0.29) is 10.8 Å². The van der Waals surface area contributed by atoms with Crippen LogP contribution in [0.1, 0.15) is 52.3 Å². The summed E-state index contributed by atoms with van der Waals surface area (Å²) in [5, 5.41) is 0. The molecule has 0 aromatic carbocycles. The van der Waals surface area contributed by atoms with Crippen molar-refractivity contribution in [3.8, 4) is 0 Å². The number of hydrogen-bond acceptors (Lipinski definition) is 3. The molecule has 0 radical (unpaired) electrons. The molecule has 1 heterocycles. The lowest BCUT2D eigenvalue weighted by Gasteiger charge is -2.27. The molecule has 1 aromatic heterocycles. The van der Waals surface area contributed by atoms with E-state index in [0.717, 1.165) is 23.1 Å². The van der Waals surface area contributed by atoms with Crippen LogP contribution >= 0.6 is 15.9 Å². The van der Waals surface area contributed by atoms with Crippen LogP contribution in [-0.2, 0) is 11.4 Å². The molecule has 0 fully saturated rings. The molecule has 0 bridgehead atoms. The molecule has 0 saturated heterocycles. The quantitative estimate of drug-likeness (QED) is 0.660. The predicted molar refractivity (Wildman–Crippen MR) is 80.6 cm³/mol. The van der Waals surface area contributed by atoms with E-state index in [1.165, 1.54) is 0 Å². The Bertz CT molecular complexity index is 381. The second-order valence-corrected chi connectivity index (χ2v) is 8.04. The van der Waals surface area contributed by atoms with Crippen LogP contribution in [0.4, 0.5) is 0 Å². The second-order valence-electron chi connectivity index (χ2n) is 5.23. The van der Waals surface area contributed by atoms with E-state index in [1.807, 2.05) is 39.0 Å². The number of aromatic nitrogens is 1. The van der Waals surface area contributed by atoms with Gasteiger partial charge in [-0.15, -0.1) is 4.72 Å². The molecule has 0 aliphatic rings. The topological polar surface area (TPSA) is 48.0 Å². The SMILES string of the molecule is CCC[C@H](N[S@+]([O-])C(C)(C)C)c1cccc(Br)n1. The van der Waals surface area contributed by atoms with Crippen molar-refractivity contribution < 1.29 is 4.55 Å². The number of nitrogens with zero attached hydrogens (tertiary/aromatic N) is 1. The highest BCUT2D eigenvalue weighted by Gasteiger charge is 2.29. The Morgan fingerprint density at radius 3 is 2.61 bits per heavy atom. The van der Waals surface area contributed by atoms with Gasteiger partial charge in [0.05, 0.1) is 11.7 Å². The van der Waals surface area contributed by atoms with Crippen LogP contribution in [0.3, 0.4) is 0 Å². The van der Waals surface area contributed by atoms with Crippen molar-refractivity contribution in [1.82, 2.24) is 9.71 Å². The zero-order valence-electron chi connectivity index (χ0n) is 11.4. The van der Waals surface area contributed by atoms with Gasteiger partial charge in [-0.05, 0) is 55.3 Å². The Kier molecular flexibility index (Phi) is 6.11. The van der Waals surface area contributed by atoms with E-state index in [2.05, 4.69) is 32.6 Å². The summed E-state index contributed by atoms with van der Waals surface area (Å²) in [5.74, 6) is 0. The van der Waals surface area contributed by atoms with Crippen LogP contribution < -0.4 is 4.72 Å². The average Bonchev–Trinajstić information content (AvgIpc) is 2.27. The average molecular weight is 333 g/mol. The third kappa shape index (κ3) is 4.88. The standard InChI is InChI=1S/C13H21BrN2OS/c1-5-7-11(16-18(17)13(2,3)4)10-8-6-9-12(14)15-10/h6,8-9,11,16H,5,7H2,1-4H3/t11-,18+/m0/s1. The summed E-state index contributed by atoms with van der Waals surface area (Å²) in [6.45, 7) is 8.01. The largest absolute Gasteiger partial charge is 0.598 e. The third-order valence-corrected chi connectivity index (χ3v) is 4.53. The van der Waals surface area contributed by atoms with Gasteiger partial charge in [-0.2, -0.15) is 0 Å². The lowest BCUT2D eigenvalue weighted by Crippen LogP contribution is -2.41. The lowest BCUT2D eigenvalue weighted by atomic mass is 10.1. The number of hydrogen-bond donors (Lipinski definition) is 1. The van der Waals surface area contributed by atoms with Gasteiger partial charge in [0.2, 0.25) is 0 Å². The van der Waals surface area contributed by atoms with Gasteiger partial charge in [0.15, 0.2) is 0 Å². The van der Waals surface area contributed by atoms with E-state index in [9.17, 15) is 4.55 Å². The van der Waals surface area contributed by atoms with Crippen LogP contribution in [0.2, 0.25) is 0 Å². The van der Waals surface area contributed by atoms with Crippen molar-refractivity contribution in [2.45, 2.75) is 51.3 Å². The Morgan fingerprint density at radius 1 is 1.44 bits per heavy atom. The molecular weight excluding hydrogens is 312 g/mol. The monoisotopic (exact) mass is 332 g/mol. The maximum atomic E-state index is 12.2. The van der Waals surface area contributed by atoms with Crippen LogP contribution in [0.5, 0.6) is 0 Å². The van der Waals surface area contributed by atoms with Crippen LogP contribution in [-0.4, -0.2) is 14.3 Å². The number of pyridine rings is 1. The Morgan fingerprint density at radius 2 is 2.11 bits per heavy atom. The fourth-order valence-electron chi connectivity index (χ4n) is 1.48. The minimum Gasteiger partial charge on any atom is -0.598 e. The first-order valence-corrected chi connectivity index (χ1v) is 8.09. The van der Waals surface area contributed by atoms with Gasteiger partial charge >= 0.3 is 0 Å². The van der Waals surface area contributed by atoms with Crippen LogP contribution in [0.15, 0.2) is 22.8 Å². The molecule has 0 saturated carbocycles. The molecule has 5 heteroatoms. The summed E-state index contributed by atoms with van der Waals surface area (Å²) >= 11 is 2.29. The fourth-order valence-corrected chi connectivity index (χ4v) is 2.69. The normalized spacial score (nSPS) is 15.4. The van der Waals surface area contributed by atoms with Crippen molar-refractivity contribution in [1.29, 1.82) is 0 Å². The summed E-state index contributed by atoms with van der Waals surface area (Å²) in [4.78, 5) is 4.45. The molecule has 3 nitrogen and oxygen atoms in total. The summed E-state index contributed by atoms with van der Waals surface area (Å²) < 4.78 is 15.9. The van der Waals surface area contributed by atoms with Gasteiger partial charge in [-0.3, -0.25) is 0 Å². The molecule has 0 spiro atoms. The number of nitrogens with one attached hydrogen (secondary N) is 1. The number of rotatable bonds is 5. The van der Waals surface area contributed by atoms with Crippen molar-refractivity contribution in [3.05, 3.63) is 28.5 Å². The molecule has 1 aromatic rings. The second kappa shape index (κ2) is 6.89. The van der Waals surface area contributed by atoms with E-state index in [0.29, 0.717) is 0 Å². The zero-order chi connectivity index (χ0) is 13.8. The minimum absolute atomic E-state index is 0.0348. The highest BCUT2D eigenvalue weighted by atomic mass is 79.9. The van der Waals surface area contributed by atoms with Gasteiger partial charge in [0, 0.05) is 11.4 Å². The molecular formula is C13H21BrN2OS. The van der Waals surface area contributed by atoms with Gasteiger partial charge in [-0.1, -0.05) is 19.4 Å². The van der Waals surface area contributed by atoms with Crippen molar-refractivity contribution in [2.24, 2.45) is 0 Å². The van der Waals surface area contributed by atoms with Crippen LogP contribution in [0, 0.1) is 0 Å². The van der Waals surface area contributed by atoms with E-state index >= 15 is 0 Å². The van der Waals surface area contributed by atoms with Crippen molar-refractivity contribution >= 4 is 27.3 Å². The van der Waals surface area contributed by atoms with Crippen molar-refractivity contribution in [2.75, 3.05) is 0 Å². The van der Waals surface area contributed by atoms with E-state index in [4.69, 9.17) is 0 Å². The first kappa shape index (κ1) is 16.0. The van der Waals surface area contributed by atoms with Gasteiger partial charge in [0.25, 0.3) is 0 Å². The molecule has 0 aliphatic heterocycles. The number of halogens is 1. The Balaban J connectivity index is 2.83. The van der Waals surface area contributed by atoms with Crippen molar-refractivity contribution in [3.63, 3.8) is 0 Å². The summed E-state index contributed by atoms with van der Waals surface area (Å²) in [5.41, 5.74) is 0.934. The molecule has 1 rings (SSSR count). The van der Waals surface area contributed by atoms with Gasteiger partial charge in [-0.25, -0.2) is 4.98 Å². The smallest absolute Gasteiger partial charge is 0.136 e. The summed E-state index contributed by atoms with van der Waals surface area (Å²) in [6.07, 6.45) is 1.94. The summed E-state index contributed by atoms with van der Waals surface area (Å²) in [6, 6.07) is 5.86. The zero-order valence-corrected chi connectivity index (χ0v) is 13.8. The summed E-state index contributed by atoms with van der Waals surface area (Å²) in [7, 11) is 0. The molecule has 0 unspecified atom stereocenters.